The molecule has 0 saturated carbocycles. The van der Waals surface area contributed by atoms with Crippen molar-refractivity contribution in [1.29, 1.82) is 0 Å². The molecule has 0 atom stereocenters. The largest absolute Gasteiger partial charge is 0.454 e. The van der Waals surface area contributed by atoms with E-state index in [0.717, 1.165) is 15.6 Å². The zero-order valence-corrected chi connectivity index (χ0v) is 11.8. The minimum absolute atomic E-state index is 0.601. The number of benzene rings is 1. The Morgan fingerprint density at radius 2 is 1.94 bits per heavy atom. The van der Waals surface area contributed by atoms with Gasteiger partial charge in [-0.2, -0.15) is 0 Å². The fourth-order valence-corrected chi connectivity index (χ4v) is 1.98. The highest BCUT2D eigenvalue weighted by Gasteiger charge is 2.07. The van der Waals surface area contributed by atoms with Gasteiger partial charge in [-0.15, -0.1) is 0 Å². The first-order valence-electron chi connectivity index (χ1n) is 5.12. The maximum Gasteiger partial charge on any atom is 0.149 e. The van der Waals surface area contributed by atoms with E-state index >= 15 is 0 Å². The Balaban J connectivity index is 2.35. The van der Waals surface area contributed by atoms with E-state index in [1.165, 1.54) is 0 Å². The van der Waals surface area contributed by atoms with Crippen LogP contribution in [0.4, 0.5) is 0 Å². The molecule has 1 aromatic carbocycles. The van der Waals surface area contributed by atoms with E-state index < -0.39 is 0 Å². The highest BCUT2D eigenvalue weighted by molar-refractivity contribution is 9.10. The molecule has 0 radical (unpaired) electrons. The molecular formula is C13H11BrClNO. The number of hydrogen-bond donors (Lipinski definition) is 0. The molecule has 0 bridgehead atoms. The van der Waals surface area contributed by atoms with Gasteiger partial charge in [-0.3, -0.25) is 4.98 Å². The molecule has 1 heterocycles. The molecule has 0 unspecified atom stereocenters. The molecule has 2 rings (SSSR count). The summed E-state index contributed by atoms with van der Waals surface area (Å²) >= 11 is 9.53. The second kappa shape index (κ2) is 5.07. The number of rotatable bonds is 2. The molecule has 0 aliphatic carbocycles. The van der Waals surface area contributed by atoms with Gasteiger partial charge in [0, 0.05) is 16.2 Å². The third kappa shape index (κ3) is 2.79. The van der Waals surface area contributed by atoms with Gasteiger partial charge in [0.2, 0.25) is 0 Å². The Hall–Kier alpha value is -1.06. The predicted octanol–water partition coefficient (Wildman–Crippen LogP) is 4.91. The van der Waals surface area contributed by atoms with Crippen molar-refractivity contribution in [2.75, 3.05) is 0 Å². The minimum atomic E-state index is 0.601. The van der Waals surface area contributed by atoms with E-state index in [-0.39, 0.29) is 0 Å². The number of pyridine rings is 1. The Morgan fingerprint density at radius 1 is 1.18 bits per heavy atom. The van der Waals surface area contributed by atoms with E-state index in [1.807, 2.05) is 32.0 Å². The monoisotopic (exact) mass is 311 g/mol. The first-order valence-corrected chi connectivity index (χ1v) is 6.29. The zero-order chi connectivity index (χ0) is 12.4. The summed E-state index contributed by atoms with van der Waals surface area (Å²) in [5.41, 5.74) is 2.10. The Morgan fingerprint density at radius 3 is 2.65 bits per heavy atom. The van der Waals surface area contributed by atoms with E-state index in [1.54, 1.807) is 12.4 Å². The van der Waals surface area contributed by atoms with Gasteiger partial charge in [-0.25, -0.2) is 0 Å². The molecule has 1 aromatic heterocycles. The van der Waals surface area contributed by atoms with Crippen LogP contribution in [-0.4, -0.2) is 4.98 Å². The molecule has 2 nitrogen and oxygen atoms in total. The molecule has 4 heteroatoms. The van der Waals surface area contributed by atoms with Crippen LogP contribution in [0.15, 0.2) is 35.1 Å². The molecule has 0 spiro atoms. The molecule has 88 valence electrons. The van der Waals surface area contributed by atoms with Crippen molar-refractivity contribution in [2.45, 2.75) is 13.8 Å². The third-order valence-corrected chi connectivity index (χ3v) is 3.51. The second-order valence-electron chi connectivity index (χ2n) is 3.78. The van der Waals surface area contributed by atoms with Crippen LogP contribution in [0.1, 0.15) is 11.1 Å². The lowest BCUT2D eigenvalue weighted by atomic mass is 10.2. The SMILES string of the molecule is Cc1ccc(Oc2cncc(Br)c2C)c(Cl)c1. The van der Waals surface area contributed by atoms with Gasteiger partial charge in [-0.1, -0.05) is 17.7 Å². The highest BCUT2D eigenvalue weighted by Crippen LogP contribution is 2.33. The van der Waals surface area contributed by atoms with Crippen LogP contribution in [0, 0.1) is 13.8 Å². The molecule has 0 amide bonds. The quantitative estimate of drug-likeness (QED) is 0.786. The zero-order valence-electron chi connectivity index (χ0n) is 9.50. The summed E-state index contributed by atoms with van der Waals surface area (Å²) in [5.74, 6) is 1.34. The molecule has 0 fully saturated rings. The average Bonchev–Trinajstić information content (AvgIpc) is 2.28. The van der Waals surface area contributed by atoms with Crippen LogP contribution >= 0.6 is 27.5 Å². The van der Waals surface area contributed by atoms with Crippen LogP contribution in [0.3, 0.4) is 0 Å². The van der Waals surface area contributed by atoms with Crippen molar-refractivity contribution in [3.05, 3.63) is 51.2 Å². The Kier molecular flexibility index (Phi) is 3.69. The van der Waals surface area contributed by atoms with Gasteiger partial charge in [-0.05, 0) is 47.5 Å². The van der Waals surface area contributed by atoms with Crippen molar-refractivity contribution >= 4 is 27.5 Å². The third-order valence-electron chi connectivity index (χ3n) is 2.41. The van der Waals surface area contributed by atoms with Gasteiger partial charge >= 0.3 is 0 Å². The van der Waals surface area contributed by atoms with E-state index in [0.29, 0.717) is 16.5 Å². The van der Waals surface area contributed by atoms with Crippen LogP contribution in [-0.2, 0) is 0 Å². The first-order chi connectivity index (χ1) is 8.08. The highest BCUT2D eigenvalue weighted by atomic mass is 79.9. The molecule has 0 aliphatic rings. The lowest BCUT2D eigenvalue weighted by molar-refractivity contribution is 0.476. The second-order valence-corrected chi connectivity index (χ2v) is 5.04. The number of aryl methyl sites for hydroxylation is 1. The molecule has 17 heavy (non-hydrogen) atoms. The number of nitrogens with zero attached hydrogens (tertiary/aromatic N) is 1. The summed E-state index contributed by atoms with van der Waals surface area (Å²) in [6, 6.07) is 5.69. The Bertz CT molecular complexity index is 557. The summed E-state index contributed by atoms with van der Waals surface area (Å²) < 4.78 is 6.67. The molecule has 0 saturated heterocycles. The predicted molar refractivity (Wildman–Crippen MR) is 72.9 cm³/mol. The van der Waals surface area contributed by atoms with Gasteiger partial charge in [0.05, 0.1) is 11.2 Å². The summed E-state index contributed by atoms with van der Waals surface area (Å²) in [6.07, 6.45) is 3.41. The maximum atomic E-state index is 6.11. The normalized spacial score (nSPS) is 10.4. The molecule has 2 aromatic rings. The van der Waals surface area contributed by atoms with Gasteiger partial charge in [0.1, 0.15) is 11.5 Å². The fourth-order valence-electron chi connectivity index (χ4n) is 1.39. The molecule has 0 aliphatic heterocycles. The van der Waals surface area contributed by atoms with Crippen molar-refractivity contribution in [3.8, 4) is 11.5 Å². The van der Waals surface area contributed by atoms with E-state index in [2.05, 4.69) is 20.9 Å². The van der Waals surface area contributed by atoms with Crippen molar-refractivity contribution < 1.29 is 4.74 Å². The smallest absolute Gasteiger partial charge is 0.149 e. The van der Waals surface area contributed by atoms with Crippen molar-refractivity contribution in [3.63, 3.8) is 0 Å². The van der Waals surface area contributed by atoms with Crippen LogP contribution < -0.4 is 4.74 Å². The van der Waals surface area contributed by atoms with Gasteiger partial charge in [0.25, 0.3) is 0 Å². The van der Waals surface area contributed by atoms with Crippen LogP contribution in [0.25, 0.3) is 0 Å². The minimum Gasteiger partial charge on any atom is -0.454 e. The molecular weight excluding hydrogens is 302 g/mol. The summed E-state index contributed by atoms with van der Waals surface area (Å²) in [4.78, 5) is 4.07. The topological polar surface area (TPSA) is 22.1 Å². The molecule has 0 N–H and O–H groups in total. The number of ether oxygens (including phenoxy) is 1. The van der Waals surface area contributed by atoms with Crippen LogP contribution in [0.5, 0.6) is 11.5 Å². The standard InChI is InChI=1S/C13H11BrClNO/c1-8-3-4-12(11(15)5-8)17-13-7-16-6-10(14)9(13)2/h3-7H,1-2H3. The summed E-state index contributed by atoms with van der Waals surface area (Å²) in [5, 5.41) is 0.601. The van der Waals surface area contributed by atoms with Gasteiger partial charge in [0.15, 0.2) is 0 Å². The Labute approximate surface area is 114 Å². The number of hydrogen-bond acceptors (Lipinski definition) is 2. The number of halogens is 2. The maximum absolute atomic E-state index is 6.11. The fraction of sp³-hybridized carbons (Fsp3) is 0.154. The first kappa shape index (κ1) is 12.4. The number of aromatic nitrogens is 1. The summed E-state index contributed by atoms with van der Waals surface area (Å²) in [7, 11) is 0. The van der Waals surface area contributed by atoms with Crippen LogP contribution in [0.2, 0.25) is 5.02 Å². The summed E-state index contributed by atoms with van der Waals surface area (Å²) in [6.45, 7) is 3.95. The van der Waals surface area contributed by atoms with Crippen molar-refractivity contribution in [1.82, 2.24) is 4.98 Å². The van der Waals surface area contributed by atoms with E-state index in [4.69, 9.17) is 16.3 Å². The lowest BCUT2D eigenvalue weighted by Gasteiger charge is -2.10. The van der Waals surface area contributed by atoms with E-state index in [9.17, 15) is 0 Å². The van der Waals surface area contributed by atoms with Crippen molar-refractivity contribution in [2.24, 2.45) is 0 Å². The lowest BCUT2D eigenvalue weighted by Crippen LogP contribution is -1.91. The average molecular weight is 313 g/mol. The van der Waals surface area contributed by atoms with Gasteiger partial charge < -0.3 is 4.74 Å².